The molecule has 2 N–H and O–H groups in total. The number of aromatic nitrogens is 2. The van der Waals surface area contributed by atoms with Gasteiger partial charge in [0, 0.05) is 24.9 Å². The van der Waals surface area contributed by atoms with Gasteiger partial charge in [-0.15, -0.1) is 0 Å². The van der Waals surface area contributed by atoms with E-state index in [1.165, 1.54) is 6.20 Å². The molecule has 1 aliphatic rings. The zero-order valence-corrected chi connectivity index (χ0v) is 14.4. The second-order valence-electron chi connectivity index (χ2n) is 5.83. The Morgan fingerprint density at radius 1 is 1.38 bits per heavy atom. The van der Waals surface area contributed by atoms with Crippen LogP contribution in [0.3, 0.4) is 0 Å². The van der Waals surface area contributed by atoms with Crippen molar-refractivity contribution in [1.82, 2.24) is 9.97 Å². The van der Waals surface area contributed by atoms with Crippen molar-refractivity contribution in [2.45, 2.75) is 18.9 Å². The molecule has 26 heavy (non-hydrogen) atoms. The van der Waals surface area contributed by atoms with E-state index in [0.717, 1.165) is 25.1 Å². The lowest BCUT2D eigenvalue weighted by Crippen LogP contribution is -2.42. The van der Waals surface area contributed by atoms with Gasteiger partial charge in [0.2, 0.25) is 5.88 Å². The Hall–Kier alpha value is -2.94. The molecule has 1 saturated heterocycles. The summed E-state index contributed by atoms with van der Waals surface area (Å²) in [6, 6.07) is 4.52. The zero-order chi connectivity index (χ0) is 18.7. The van der Waals surface area contributed by atoms with Crippen molar-refractivity contribution in [3.8, 4) is 5.88 Å². The molecule has 2 aromatic rings. The Balaban J connectivity index is 1.79. The molecule has 1 fully saturated rings. The van der Waals surface area contributed by atoms with E-state index in [-0.39, 0.29) is 17.4 Å². The van der Waals surface area contributed by atoms with Crippen molar-refractivity contribution < 1.29 is 14.5 Å². The van der Waals surface area contributed by atoms with Crippen LogP contribution in [0.4, 0.5) is 11.5 Å². The van der Waals surface area contributed by atoms with Gasteiger partial charge in [0.1, 0.15) is 18.1 Å². The first-order valence-corrected chi connectivity index (χ1v) is 8.29. The second-order valence-corrected chi connectivity index (χ2v) is 6.27. The van der Waals surface area contributed by atoms with Crippen molar-refractivity contribution >= 4 is 29.0 Å². The topological polar surface area (TPSA) is 124 Å². The third-order valence-electron chi connectivity index (χ3n) is 3.99. The fourth-order valence-electron chi connectivity index (χ4n) is 2.81. The maximum atomic E-state index is 11.7. The minimum atomic E-state index is -0.765. The van der Waals surface area contributed by atoms with Crippen LogP contribution in [-0.4, -0.2) is 40.0 Å². The minimum Gasteiger partial charge on any atom is -0.472 e. The van der Waals surface area contributed by atoms with Crippen LogP contribution < -0.4 is 15.4 Å². The Kier molecular flexibility index (Phi) is 5.17. The molecule has 0 aromatic carbocycles. The van der Waals surface area contributed by atoms with E-state index in [1.54, 1.807) is 12.1 Å². The first kappa shape index (κ1) is 17.9. The van der Waals surface area contributed by atoms with Gasteiger partial charge in [0.05, 0.1) is 22.1 Å². The standard InChI is InChI=1S/C16H16ClN5O4/c17-10-3-4-14(19-7-10)26-12-2-1-5-21(9-12)16-13(15(18)23)6-11(8-20-16)22(24)25/h3-4,6-8,12H,1-2,5,9H2,(H2,18,23). The van der Waals surface area contributed by atoms with E-state index in [2.05, 4.69) is 9.97 Å². The van der Waals surface area contributed by atoms with Crippen LogP contribution in [-0.2, 0) is 0 Å². The monoisotopic (exact) mass is 377 g/mol. The number of carbonyl (C=O) groups is 1. The summed E-state index contributed by atoms with van der Waals surface area (Å²) in [5.74, 6) is 0.00658. The molecule has 10 heteroatoms. The van der Waals surface area contributed by atoms with Crippen molar-refractivity contribution in [1.29, 1.82) is 0 Å². The zero-order valence-electron chi connectivity index (χ0n) is 13.7. The summed E-state index contributed by atoms with van der Waals surface area (Å²) in [6.45, 7) is 1.09. The van der Waals surface area contributed by atoms with E-state index in [0.29, 0.717) is 29.8 Å². The fourth-order valence-corrected chi connectivity index (χ4v) is 2.92. The number of anilines is 1. The number of amides is 1. The van der Waals surface area contributed by atoms with E-state index >= 15 is 0 Å². The van der Waals surface area contributed by atoms with Gasteiger partial charge in [-0.1, -0.05) is 11.6 Å². The summed E-state index contributed by atoms with van der Waals surface area (Å²) in [5, 5.41) is 11.4. The minimum absolute atomic E-state index is 0.0180. The maximum absolute atomic E-state index is 11.7. The molecule has 2 aromatic heterocycles. The molecular formula is C16H16ClN5O4. The second kappa shape index (κ2) is 7.52. The van der Waals surface area contributed by atoms with Gasteiger partial charge >= 0.3 is 0 Å². The van der Waals surface area contributed by atoms with Crippen LogP contribution in [0.15, 0.2) is 30.6 Å². The third-order valence-corrected chi connectivity index (χ3v) is 4.22. The molecule has 3 heterocycles. The Bertz CT molecular complexity index is 830. The lowest BCUT2D eigenvalue weighted by Gasteiger charge is -2.34. The van der Waals surface area contributed by atoms with Gasteiger partial charge in [0.25, 0.3) is 11.6 Å². The molecule has 9 nitrogen and oxygen atoms in total. The Labute approximate surface area is 153 Å². The molecule has 1 amide bonds. The van der Waals surface area contributed by atoms with Crippen LogP contribution in [0.5, 0.6) is 5.88 Å². The van der Waals surface area contributed by atoms with Crippen LogP contribution in [0.2, 0.25) is 5.02 Å². The average molecular weight is 378 g/mol. The maximum Gasteiger partial charge on any atom is 0.288 e. The predicted molar refractivity (Wildman–Crippen MR) is 94.5 cm³/mol. The van der Waals surface area contributed by atoms with E-state index < -0.39 is 10.8 Å². The van der Waals surface area contributed by atoms with Crippen LogP contribution in [0.25, 0.3) is 0 Å². The number of nitro groups is 1. The number of hydrogen-bond acceptors (Lipinski definition) is 7. The molecule has 1 atom stereocenters. The third kappa shape index (κ3) is 3.99. The highest BCUT2D eigenvalue weighted by Gasteiger charge is 2.27. The number of primary amides is 1. The van der Waals surface area contributed by atoms with Gasteiger partial charge in [-0.3, -0.25) is 14.9 Å². The summed E-state index contributed by atoms with van der Waals surface area (Å²) in [7, 11) is 0. The Morgan fingerprint density at radius 3 is 2.85 bits per heavy atom. The quantitative estimate of drug-likeness (QED) is 0.625. The number of hydrogen-bond donors (Lipinski definition) is 1. The van der Waals surface area contributed by atoms with E-state index in [9.17, 15) is 14.9 Å². The molecule has 1 aliphatic heterocycles. The van der Waals surface area contributed by atoms with E-state index in [1.807, 2.05) is 4.90 Å². The average Bonchev–Trinajstić information content (AvgIpc) is 2.63. The van der Waals surface area contributed by atoms with Crippen molar-refractivity contribution in [2.75, 3.05) is 18.0 Å². The number of piperidine rings is 1. The summed E-state index contributed by atoms with van der Waals surface area (Å²) < 4.78 is 5.86. The highest BCUT2D eigenvalue weighted by atomic mass is 35.5. The van der Waals surface area contributed by atoms with E-state index in [4.69, 9.17) is 22.1 Å². The Morgan fingerprint density at radius 2 is 2.19 bits per heavy atom. The summed E-state index contributed by atoms with van der Waals surface area (Å²) in [6.07, 6.45) is 4.05. The smallest absolute Gasteiger partial charge is 0.288 e. The SMILES string of the molecule is NC(=O)c1cc([N+](=O)[O-])cnc1N1CCCC(Oc2ccc(Cl)cn2)C1. The van der Waals surface area contributed by atoms with Crippen LogP contribution in [0, 0.1) is 10.1 Å². The molecule has 0 spiro atoms. The number of carbonyl (C=O) groups excluding carboxylic acids is 1. The first-order chi connectivity index (χ1) is 12.4. The summed E-state index contributed by atoms with van der Waals surface area (Å²) in [4.78, 5) is 32.1. The van der Waals surface area contributed by atoms with Gasteiger partial charge in [-0.25, -0.2) is 9.97 Å². The predicted octanol–water partition coefficient (Wildman–Crippen LogP) is 2.18. The molecule has 0 aliphatic carbocycles. The highest BCUT2D eigenvalue weighted by Crippen LogP contribution is 2.26. The molecular weight excluding hydrogens is 362 g/mol. The number of pyridine rings is 2. The molecule has 0 saturated carbocycles. The van der Waals surface area contributed by atoms with Crippen molar-refractivity contribution in [2.24, 2.45) is 5.73 Å². The molecule has 0 bridgehead atoms. The van der Waals surface area contributed by atoms with Crippen molar-refractivity contribution in [3.05, 3.63) is 51.3 Å². The van der Waals surface area contributed by atoms with Gasteiger partial charge in [-0.2, -0.15) is 0 Å². The highest BCUT2D eigenvalue weighted by molar-refractivity contribution is 6.30. The molecule has 1 unspecified atom stereocenters. The summed E-state index contributed by atoms with van der Waals surface area (Å²) in [5.41, 5.74) is 5.12. The van der Waals surface area contributed by atoms with Crippen LogP contribution in [0.1, 0.15) is 23.2 Å². The van der Waals surface area contributed by atoms with Gasteiger partial charge in [0.15, 0.2) is 0 Å². The summed E-state index contributed by atoms with van der Waals surface area (Å²) >= 11 is 5.81. The van der Waals surface area contributed by atoms with Gasteiger partial charge < -0.3 is 15.4 Å². The normalized spacial score (nSPS) is 17.0. The lowest BCUT2D eigenvalue weighted by atomic mass is 10.1. The number of nitrogens with zero attached hydrogens (tertiary/aromatic N) is 4. The number of rotatable bonds is 5. The largest absolute Gasteiger partial charge is 0.472 e. The number of halogens is 1. The van der Waals surface area contributed by atoms with Gasteiger partial charge in [-0.05, 0) is 18.9 Å². The first-order valence-electron chi connectivity index (χ1n) is 7.91. The fraction of sp³-hybridized carbons (Fsp3) is 0.312. The van der Waals surface area contributed by atoms with Crippen LogP contribution >= 0.6 is 11.6 Å². The molecule has 136 valence electrons. The molecule has 3 rings (SSSR count). The lowest BCUT2D eigenvalue weighted by molar-refractivity contribution is -0.385. The number of nitrogens with two attached hydrogens (primary N) is 1. The number of ether oxygens (including phenoxy) is 1. The molecule has 0 radical (unpaired) electrons. The van der Waals surface area contributed by atoms with Crippen molar-refractivity contribution in [3.63, 3.8) is 0 Å².